The highest BCUT2D eigenvalue weighted by Gasteiger charge is 2.21. The molecule has 0 aliphatic carbocycles. The highest BCUT2D eigenvalue weighted by atomic mass is 16.4. The van der Waals surface area contributed by atoms with Gasteiger partial charge in [0.25, 0.3) is 0 Å². The van der Waals surface area contributed by atoms with E-state index in [1.54, 1.807) is 10.9 Å². The summed E-state index contributed by atoms with van der Waals surface area (Å²) in [7, 11) is 0. The van der Waals surface area contributed by atoms with Gasteiger partial charge in [-0.05, 0) is 18.4 Å². The van der Waals surface area contributed by atoms with Gasteiger partial charge < -0.3 is 9.67 Å². The van der Waals surface area contributed by atoms with Crippen LogP contribution in [0.2, 0.25) is 0 Å². The number of aryl methyl sites for hydroxylation is 1. The van der Waals surface area contributed by atoms with Crippen molar-refractivity contribution in [3.05, 3.63) is 54.1 Å². The fraction of sp³-hybridized carbons (Fsp3) is 0.565. The lowest BCUT2D eigenvalue weighted by Crippen LogP contribution is -2.19. The Balaban J connectivity index is 1.69. The second kappa shape index (κ2) is 12.3. The number of unbranched alkanes of at least 4 members (excludes halogenated alkanes) is 9. The van der Waals surface area contributed by atoms with Crippen LogP contribution in [0.3, 0.4) is 0 Å². The number of hydrogen-bond acceptors (Lipinski definition) is 2. The Morgan fingerprint density at radius 3 is 2.15 bits per heavy atom. The summed E-state index contributed by atoms with van der Waals surface area (Å²) >= 11 is 0. The minimum absolute atomic E-state index is 0.708. The molecule has 27 heavy (non-hydrogen) atoms. The van der Waals surface area contributed by atoms with E-state index in [0.717, 1.165) is 24.1 Å². The summed E-state index contributed by atoms with van der Waals surface area (Å²) in [4.78, 5) is 16.1. The molecular formula is C23H34N2O2. The summed E-state index contributed by atoms with van der Waals surface area (Å²) in [6, 6.07) is 8.62. The number of carboxylic acid groups (broad SMARTS) is 1. The van der Waals surface area contributed by atoms with Crippen LogP contribution < -0.4 is 0 Å². The van der Waals surface area contributed by atoms with Crippen LogP contribution in [0.5, 0.6) is 0 Å². The van der Waals surface area contributed by atoms with Crippen LogP contribution in [0.4, 0.5) is 0 Å². The van der Waals surface area contributed by atoms with Gasteiger partial charge in [0.1, 0.15) is 0 Å². The van der Waals surface area contributed by atoms with Crippen LogP contribution in [0.25, 0.3) is 0 Å². The Morgan fingerprint density at radius 2 is 1.56 bits per heavy atom. The first-order chi connectivity index (χ1) is 13.2. The highest BCUT2D eigenvalue weighted by Crippen LogP contribution is 2.19. The molecule has 2 aromatic rings. The summed E-state index contributed by atoms with van der Waals surface area (Å²) in [5.74, 6) is -0.857. The van der Waals surface area contributed by atoms with Gasteiger partial charge in [0, 0.05) is 6.20 Å². The fourth-order valence-corrected chi connectivity index (χ4v) is 3.52. The second-order valence-corrected chi connectivity index (χ2v) is 7.40. The van der Waals surface area contributed by atoms with Crippen molar-refractivity contribution in [2.45, 2.75) is 83.6 Å². The molecule has 0 spiro atoms. The molecule has 1 atom stereocenters. The topological polar surface area (TPSA) is 55.1 Å². The molecule has 0 aliphatic heterocycles. The lowest BCUT2D eigenvalue weighted by atomic mass is 10.1. The van der Waals surface area contributed by atoms with E-state index in [2.05, 4.69) is 11.9 Å². The van der Waals surface area contributed by atoms with E-state index in [1.165, 1.54) is 57.8 Å². The summed E-state index contributed by atoms with van der Waals surface area (Å²) < 4.78 is 1.71. The van der Waals surface area contributed by atoms with Gasteiger partial charge in [-0.3, -0.25) is 0 Å². The summed E-state index contributed by atoms with van der Waals surface area (Å²) in [5, 5.41) is 9.61. The van der Waals surface area contributed by atoms with Crippen LogP contribution in [0.1, 0.15) is 88.4 Å². The van der Waals surface area contributed by atoms with Crippen LogP contribution in [0, 0.1) is 0 Å². The van der Waals surface area contributed by atoms with Crippen molar-refractivity contribution in [1.29, 1.82) is 0 Å². The molecule has 0 saturated heterocycles. The maximum absolute atomic E-state index is 11.7. The Morgan fingerprint density at radius 1 is 0.963 bits per heavy atom. The number of hydrogen-bond donors (Lipinski definition) is 1. The normalized spacial score (nSPS) is 12.2. The summed E-state index contributed by atoms with van der Waals surface area (Å²) in [6.45, 7) is 2.26. The number of rotatable bonds is 14. The predicted octanol–water partition coefficient (Wildman–Crippen LogP) is 6.02. The number of imidazole rings is 1. The molecule has 4 nitrogen and oxygen atoms in total. The lowest BCUT2D eigenvalue weighted by molar-refractivity contribution is -0.139. The fourth-order valence-electron chi connectivity index (χ4n) is 3.52. The number of aromatic nitrogens is 2. The molecule has 0 saturated carbocycles. The second-order valence-electron chi connectivity index (χ2n) is 7.40. The minimum Gasteiger partial charge on any atom is -0.479 e. The largest absolute Gasteiger partial charge is 0.479 e. The summed E-state index contributed by atoms with van der Waals surface area (Å²) in [5.41, 5.74) is 1.75. The molecule has 148 valence electrons. The van der Waals surface area contributed by atoms with Crippen LogP contribution in [-0.2, 0) is 11.2 Å². The highest BCUT2D eigenvalue weighted by molar-refractivity contribution is 5.76. The molecule has 0 unspecified atom stereocenters. The number of carbonyl (C=O) groups is 1. The van der Waals surface area contributed by atoms with E-state index >= 15 is 0 Å². The number of carboxylic acids is 1. The first-order valence-corrected chi connectivity index (χ1v) is 10.5. The maximum atomic E-state index is 11.7. The van der Waals surface area contributed by atoms with Gasteiger partial charge in [0.05, 0.1) is 12.0 Å². The van der Waals surface area contributed by atoms with E-state index in [9.17, 15) is 9.90 Å². The third-order valence-electron chi connectivity index (χ3n) is 5.09. The molecule has 0 radical (unpaired) electrons. The van der Waals surface area contributed by atoms with Crippen molar-refractivity contribution in [2.24, 2.45) is 0 Å². The van der Waals surface area contributed by atoms with E-state index in [4.69, 9.17) is 0 Å². The van der Waals surface area contributed by atoms with E-state index in [0.29, 0.717) is 0 Å². The molecule has 2 rings (SSSR count). The first kappa shape index (κ1) is 21.2. The zero-order valence-corrected chi connectivity index (χ0v) is 16.6. The summed E-state index contributed by atoms with van der Waals surface area (Å²) in [6.07, 6.45) is 17.6. The van der Waals surface area contributed by atoms with Crippen molar-refractivity contribution in [3.63, 3.8) is 0 Å². The SMILES string of the molecule is CCCCCCCCCCCCc1cn([C@@H](C(=O)O)c2ccccc2)cn1. The van der Waals surface area contributed by atoms with Crippen molar-refractivity contribution >= 4 is 5.97 Å². The maximum Gasteiger partial charge on any atom is 0.331 e. The average Bonchev–Trinajstić information content (AvgIpc) is 3.12. The zero-order valence-electron chi connectivity index (χ0n) is 16.6. The lowest BCUT2D eigenvalue weighted by Gasteiger charge is -2.13. The molecule has 1 N–H and O–H groups in total. The van der Waals surface area contributed by atoms with Crippen molar-refractivity contribution in [3.8, 4) is 0 Å². The van der Waals surface area contributed by atoms with Gasteiger partial charge in [0.2, 0.25) is 0 Å². The van der Waals surface area contributed by atoms with Crippen molar-refractivity contribution in [2.75, 3.05) is 0 Å². The Labute approximate surface area is 163 Å². The van der Waals surface area contributed by atoms with E-state index in [1.807, 2.05) is 36.5 Å². The van der Waals surface area contributed by atoms with Gasteiger partial charge in [-0.1, -0.05) is 95.0 Å². The van der Waals surface area contributed by atoms with Crippen molar-refractivity contribution < 1.29 is 9.90 Å². The monoisotopic (exact) mass is 370 g/mol. The number of benzene rings is 1. The number of aliphatic carboxylic acids is 1. The molecule has 1 aromatic heterocycles. The smallest absolute Gasteiger partial charge is 0.331 e. The Kier molecular flexibility index (Phi) is 9.67. The van der Waals surface area contributed by atoms with Gasteiger partial charge in [-0.25, -0.2) is 9.78 Å². The van der Waals surface area contributed by atoms with Gasteiger partial charge >= 0.3 is 5.97 Å². The molecule has 0 bridgehead atoms. The van der Waals surface area contributed by atoms with Gasteiger partial charge in [-0.2, -0.15) is 0 Å². The van der Waals surface area contributed by atoms with Crippen LogP contribution in [0.15, 0.2) is 42.9 Å². The van der Waals surface area contributed by atoms with Crippen LogP contribution in [-0.4, -0.2) is 20.6 Å². The third kappa shape index (κ3) is 7.58. The molecule has 4 heteroatoms. The van der Waals surface area contributed by atoms with E-state index in [-0.39, 0.29) is 0 Å². The van der Waals surface area contributed by atoms with E-state index < -0.39 is 12.0 Å². The minimum atomic E-state index is -0.857. The predicted molar refractivity (Wildman–Crippen MR) is 110 cm³/mol. The molecule has 1 heterocycles. The molecule has 1 aromatic carbocycles. The first-order valence-electron chi connectivity index (χ1n) is 10.5. The van der Waals surface area contributed by atoms with Gasteiger partial charge in [-0.15, -0.1) is 0 Å². The van der Waals surface area contributed by atoms with Crippen LogP contribution >= 0.6 is 0 Å². The average molecular weight is 371 g/mol. The standard InChI is InChI=1S/C23H34N2O2/c1-2-3-4-5-6-7-8-9-10-14-17-21-18-25(19-24-21)22(23(26)27)20-15-12-11-13-16-20/h11-13,15-16,18-19,22H,2-10,14,17H2,1H3,(H,26,27)/t22-/m1/s1. The molecule has 0 amide bonds. The number of nitrogens with zero attached hydrogens (tertiary/aromatic N) is 2. The molecule has 0 aliphatic rings. The zero-order chi connectivity index (χ0) is 19.3. The molecular weight excluding hydrogens is 336 g/mol. The Bertz CT molecular complexity index is 651. The Hall–Kier alpha value is -2.10. The van der Waals surface area contributed by atoms with Gasteiger partial charge in [0.15, 0.2) is 6.04 Å². The molecule has 0 fully saturated rings. The van der Waals surface area contributed by atoms with Crippen molar-refractivity contribution in [1.82, 2.24) is 9.55 Å². The quantitative estimate of drug-likeness (QED) is 0.414. The third-order valence-corrected chi connectivity index (χ3v) is 5.09.